The number of rotatable bonds is 6. The molecule has 0 aromatic heterocycles. The highest BCUT2D eigenvalue weighted by atomic mass is 16.6. The third-order valence-corrected chi connectivity index (χ3v) is 3.97. The molecule has 21 heavy (non-hydrogen) atoms. The molecule has 0 radical (unpaired) electrons. The number of carbonyl (C=O) groups excluding carboxylic acids is 1. The van der Waals surface area contributed by atoms with Crippen LogP contribution in [0.5, 0.6) is 0 Å². The fourth-order valence-corrected chi connectivity index (χ4v) is 2.84. The quantitative estimate of drug-likeness (QED) is 0.790. The van der Waals surface area contributed by atoms with Gasteiger partial charge in [0.25, 0.3) is 0 Å². The molecule has 1 rings (SSSR count). The number of carbonyl (C=O) groups is 1. The second-order valence-electron chi connectivity index (χ2n) is 7.25. The number of nitrogens with two attached hydrogens (primary N) is 1. The van der Waals surface area contributed by atoms with E-state index in [1.807, 2.05) is 34.6 Å². The van der Waals surface area contributed by atoms with Gasteiger partial charge in [-0.3, -0.25) is 0 Å². The molecule has 0 aromatic rings. The molecular weight excluding hydrogens is 266 g/mol. The first-order chi connectivity index (χ1) is 9.74. The van der Waals surface area contributed by atoms with E-state index in [0.717, 1.165) is 13.1 Å². The molecule has 2 atom stereocenters. The lowest BCUT2D eigenvalue weighted by Crippen LogP contribution is -2.46. The molecule has 1 amide bonds. The average molecular weight is 299 g/mol. The fourth-order valence-electron chi connectivity index (χ4n) is 2.84. The molecule has 1 fully saturated rings. The zero-order chi connectivity index (χ0) is 16.0. The Hall–Kier alpha value is -0.810. The van der Waals surface area contributed by atoms with E-state index in [1.54, 1.807) is 4.90 Å². The van der Waals surface area contributed by atoms with Crippen LogP contribution in [-0.4, -0.2) is 48.3 Å². The Morgan fingerprint density at radius 3 is 2.57 bits per heavy atom. The van der Waals surface area contributed by atoms with Crippen molar-refractivity contribution in [2.24, 2.45) is 11.7 Å². The monoisotopic (exact) mass is 299 g/mol. The maximum absolute atomic E-state index is 12.2. The van der Waals surface area contributed by atoms with E-state index in [0.29, 0.717) is 18.5 Å². The third kappa shape index (κ3) is 6.22. The van der Waals surface area contributed by atoms with Crippen LogP contribution in [0.15, 0.2) is 0 Å². The number of nitrogens with one attached hydrogen (secondary N) is 1. The highest BCUT2D eigenvalue weighted by Crippen LogP contribution is 2.24. The summed E-state index contributed by atoms with van der Waals surface area (Å²) in [6, 6.07) is 0.637. The first kappa shape index (κ1) is 18.2. The molecule has 2 unspecified atom stereocenters. The summed E-state index contributed by atoms with van der Waals surface area (Å²) in [6.45, 7) is 11.9. The van der Waals surface area contributed by atoms with E-state index in [1.165, 1.54) is 19.3 Å². The summed E-state index contributed by atoms with van der Waals surface area (Å²) in [7, 11) is 0. The van der Waals surface area contributed by atoms with E-state index in [9.17, 15) is 4.79 Å². The molecule has 3 N–H and O–H groups in total. The number of nitrogens with zero attached hydrogens (tertiary/aromatic N) is 1. The first-order valence-corrected chi connectivity index (χ1v) is 8.17. The van der Waals surface area contributed by atoms with E-state index in [-0.39, 0.29) is 12.1 Å². The normalized spacial score (nSPS) is 22.6. The Morgan fingerprint density at radius 1 is 1.38 bits per heavy atom. The summed E-state index contributed by atoms with van der Waals surface area (Å²) in [5.41, 5.74) is 5.35. The lowest BCUT2D eigenvalue weighted by molar-refractivity contribution is 0.0191. The van der Waals surface area contributed by atoms with Gasteiger partial charge in [-0.05, 0) is 59.9 Å². The van der Waals surface area contributed by atoms with Gasteiger partial charge in [0.2, 0.25) is 0 Å². The predicted octanol–water partition coefficient (Wildman–Crippen LogP) is 2.35. The third-order valence-electron chi connectivity index (χ3n) is 3.97. The zero-order valence-corrected chi connectivity index (χ0v) is 14.3. The lowest BCUT2D eigenvalue weighted by Gasteiger charge is -2.31. The van der Waals surface area contributed by atoms with Gasteiger partial charge >= 0.3 is 6.09 Å². The smallest absolute Gasteiger partial charge is 0.410 e. The first-order valence-electron chi connectivity index (χ1n) is 8.17. The Morgan fingerprint density at radius 2 is 2.05 bits per heavy atom. The van der Waals surface area contributed by atoms with Crippen LogP contribution in [0.4, 0.5) is 4.79 Å². The Bertz CT molecular complexity index is 326. The van der Waals surface area contributed by atoms with Crippen molar-refractivity contribution < 1.29 is 9.53 Å². The molecule has 0 bridgehead atoms. The molecule has 5 nitrogen and oxygen atoms in total. The van der Waals surface area contributed by atoms with Crippen LogP contribution in [-0.2, 0) is 4.74 Å². The van der Waals surface area contributed by atoms with Crippen molar-refractivity contribution in [3.05, 3.63) is 0 Å². The predicted molar refractivity (Wildman–Crippen MR) is 86.3 cm³/mol. The number of hydrogen-bond donors (Lipinski definition) is 2. The van der Waals surface area contributed by atoms with Crippen molar-refractivity contribution in [1.82, 2.24) is 10.2 Å². The maximum atomic E-state index is 12.2. The number of hydrogen-bond acceptors (Lipinski definition) is 4. The molecule has 0 saturated heterocycles. The molecule has 0 aromatic carbocycles. The molecular formula is C16H33N3O2. The van der Waals surface area contributed by atoms with Gasteiger partial charge in [0.15, 0.2) is 0 Å². The van der Waals surface area contributed by atoms with Crippen LogP contribution < -0.4 is 11.1 Å². The Kier molecular flexibility index (Phi) is 6.94. The molecule has 0 aliphatic heterocycles. The van der Waals surface area contributed by atoms with Crippen LogP contribution in [0, 0.1) is 5.92 Å². The lowest BCUT2D eigenvalue weighted by atomic mass is 10.0. The molecule has 0 heterocycles. The Balaban J connectivity index is 2.43. The van der Waals surface area contributed by atoms with Gasteiger partial charge in [-0.2, -0.15) is 0 Å². The minimum atomic E-state index is -0.451. The van der Waals surface area contributed by atoms with Crippen molar-refractivity contribution in [2.45, 2.75) is 71.6 Å². The topological polar surface area (TPSA) is 67.6 Å². The largest absolute Gasteiger partial charge is 0.444 e. The summed E-state index contributed by atoms with van der Waals surface area (Å²) >= 11 is 0. The summed E-state index contributed by atoms with van der Waals surface area (Å²) in [6.07, 6.45) is 3.42. The molecule has 1 aliphatic carbocycles. The van der Waals surface area contributed by atoms with Crippen LogP contribution in [0.3, 0.4) is 0 Å². The van der Waals surface area contributed by atoms with Gasteiger partial charge in [0.05, 0.1) is 0 Å². The van der Waals surface area contributed by atoms with Gasteiger partial charge in [-0.15, -0.1) is 0 Å². The second-order valence-corrected chi connectivity index (χ2v) is 7.25. The highest BCUT2D eigenvalue weighted by Gasteiger charge is 2.27. The summed E-state index contributed by atoms with van der Waals surface area (Å²) in [5.74, 6) is 0.582. The van der Waals surface area contributed by atoms with Crippen molar-refractivity contribution in [2.75, 3.05) is 19.6 Å². The van der Waals surface area contributed by atoms with Crippen LogP contribution in [0.1, 0.15) is 53.9 Å². The standard InChI is InChI=1S/C16H33N3O2/c1-12(2)19(15(20)21-16(3,4)5)10-9-18-14-8-6-7-13(14)11-17/h12-14,18H,6-11,17H2,1-5H3. The van der Waals surface area contributed by atoms with Gasteiger partial charge in [-0.1, -0.05) is 6.42 Å². The number of amides is 1. The summed E-state index contributed by atoms with van der Waals surface area (Å²) < 4.78 is 5.47. The van der Waals surface area contributed by atoms with Crippen molar-refractivity contribution in [3.8, 4) is 0 Å². The SMILES string of the molecule is CC(C)N(CCNC1CCCC1CN)C(=O)OC(C)(C)C. The van der Waals surface area contributed by atoms with Crippen molar-refractivity contribution in [3.63, 3.8) is 0 Å². The maximum Gasteiger partial charge on any atom is 0.410 e. The highest BCUT2D eigenvalue weighted by molar-refractivity contribution is 5.68. The zero-order valence-electron chi connectivity index (χ0n) is 14.3. The van der Waals surface area contributed by atoms with Crippen molar-refractivity contribution in [1.29, 1.82) is 0 Å². The van der Waals surface area contributed by atoms with E-state index in [4.69, 9.17) is 10.5 Å². The summed E-state index contributed by atoms with van der Waals surface area (Å²) in [4.78, 5) is 14.0. The molecule has 1 aliphatic rings. The minimum absolute atomic E-state index is 0.135. The molecule has 5 heteroatoms. The average Bonchev–Trinajstić information content (AvgIpc) is 2.79. The second kappa shape index (κ2) is 7.99. The molecule has 0 spiro atoms. The number of ether oxygens (including phenoxy) is 1. The van der Waals surface area contributed by atoms with Crippen molar-refractivity contribution >= 4 is 6.09 Å². The van der Waals surface area contributed by atoms with Gasteiger partial charge in [-0.25, -0.2) is 4.79 Å². The van der Waals surface area contributed by atoms with Gasteiger partial charge < -0.3 is 20.7 Å². The van der Waals surface area contributed by atoms with Gasteiger partial charge in [0, 0.05) is 25.2 Å². The summed E-state index contributed by atoms with van der Waals surface area (Å²) in [5, 5.41) is 3.56. The van der Waals surface area contributed by atoms with Crippen LogP contribution in [0.2, 0.25) is 0 Å². The Labute approximate surface area is 129 Å². The van der Waals surface area contributed by atoms with E-state index >= 15 is 0 Å². The van der Waals surface area contributed by atoms with Gasteiger partial charge in [0.1, 0.15) is 5.60 Å². The van der Waals surface area contributed by atoms with Crippen LogP contribution in [0.25, 0.3) is 0 Å². The molecule has 1 saturated carbocycles. The molecule has 124 valence electrons. The van der Waals surface area contributed by atoms with Crippen LogP contribution >= 0.6 is 0 Å². The fraction of sp³-hybridized carbons (Fsp3) is 0.938. The minimum Gasteiger partial charge on any atom is -0.444 e. The van der Waals surface area contributed by atoms with E-state index < -0.39 is 5.60 Å². The van der Waals surface area contributed by atoms with E-state index in [2.05, 4.69) is 5.32 Å².